The molecule has 1 amide bonds. The Balaban J connectivity index is 1.84. The van der Waals surface area contributed by atoms with Crippen LogP contribution in [0.5, 0.6) is 0 Å². The molecule has 3 nitrogen and oxygen atoms in total. The molecule has 0 fully saturated rings. The minimum atomic E-state index is -0.265. The number of amides is 1. The first-order valence-corrected chi connectivity index (χ1v) is 8.14. The number of benzene rings is 2. The second-order valence-electron chi connectivity index (χ2n) is 5.18. The van der Waals surface area contributed by atoms with Crippen molar-refractivity contribution in [3.05, 3.63) is 69.7 Å². The molecule has 122 valence electrons. The lowest BCUT2D eigenvalue weighted by atomic mass is 10.1. The molecule has 0 spiro atoms. The largest absolute Gasteiger partial charge is 0.375 e. The van der Waals surface area contributed by atoms with E-state index in [0.29, 0.717) is 29.4 Å². The third-order valence-electron chi connectivity index (χ3n) is 3.55. The van der Waals surface area contributed by atoms with E-state index >= 15 is 0 Å². The van der Waals surface area contributed by atoms with E-state index in [0.717, 1.165) is 11.1 Å². The molecule has 0 aliphatic heterocycles. The van der Waals surface area contributed by atoms with Crippen molar-refractivity contribution < 1.29 is 9.53 Å². The zero-order valence-corrected chi connectivity index (χ0v) is 14.4. The maximum absolute atomic E-state index is 12.0. The Bertz CT molecular complexity index is 661. The molecular formula is C18H19Cl2NO2. The Kier molecular flexibility index (Phi) is 6.90. The van der Waals surface area contributed by atoms with Crippen molar-refractivity contribution in [3.8, 4) is 0 Å². The standard InChI is InChI=1S/C18H19Cl2NO2/c1-23-17(15-7-2-3-8-16(15)20)12-21-18(22)10-9-13-5-4-6-14(19)11-13/h2-8,11,17H,9-10,12H2,1H3,(H,21,22). The Morgan fingerprint density at radius 3 is 2.65 bits per heavy atom. The normalized spacial score (nSPS) is 12.0. The first-order chi connectivity index (χ1) is 11.1. The Morgan fingerprint density at radius 1 is 1.17 bits per heavy atom. The van der Waals surface area contributed by atoms with Gasteiger partial charge in [-0.2, -0.15) is 0 Å². The van der Waals surface area contributed by atoms with Crippen molar-refractivity contribution in [2.75, 3.05) is 13.7 Å². The number of carbonyl (C=O) groups is 1. The van der Waals surface area contributed by atoms with E-state index in [-0.39, 0.29) is 12.0 Å². The van der Waals surface area contributed by atoms with Gasteiger partial charge in [0.25, 0.3) is 0 Å². The molecule has 0 bridgehead atoms. The second-order valence-corrected chi connectivity index (χ2v) is 6.02. The summed E-state index contributed by atoms with van der Waals surface area (Å²) >= 11 is 12.1. The molecule has 0 aromatic heterocycles. The summed E-state index contributed by atoms with van der Waals surface area (Å²) in [6, 6.07) is 15.0. The van der Waals surface area contributed by atoms with Gasteiger partial charge in [-0.25, -0.2) is 0 Å². The average molecular weight is 352 g/mol. The molecule has 2 aromatic carbocycles. The summed E-state index contributed by atoms with van der Waals surface area (Å²) in [6.07, 6.45) is 0.786. The fraction of sp³-hybridized carbons (Fsp3) is 0.278. The highest BCUT2D eigenvalue weighted by atomic mass is 35.5. The fourth-order valence-electron chi connectivity index (χ4n) is 2.30. The lowest BCUT2D eigenvalue weighted by Gasteiger charge is -2.17. The zero-order chi connectivity index (χ0) is 16.7. The molecule has 1 atom stereocenters. The molecule has 0 saturated heterocycles. The lowest BCUT2D eigenvalue weighted by molar-refractivity contribution is -0.121. The van der Waals surface area contributed by atoms with E-state index in [9.17, 15) is 4.79 Å². The minimum absolute atomic E-state index is 0.0286. The van der Waals surface area contributed by atoms with Crippen LogP contribution in [0.15, 0.2) is 48.5 Å². The van der Waals surface area contributed by atoms with Crippen LogP contribution in [0.4, 0.5) is 0 Å². The van der Waals surface area contributed by atoms with Gasteiger partial charge in [0.1, 0.15) is 6.10 Å². The van der Waals surface area contributed by atoms with E-state index in [2.05, 4.69) is 5.32 Å². The molecule has 0 heterocycles. The highest BCUT2D eigenvalue weighted by molar-refractivity contribution is 6.31. The van der Waals surface area contributed by atoms with Crippen molar-refractivity contribution in [1.82, 2.24) is 5.32 Å². The van der Waals surface area contributed by atoms with Crippen LogP contribution in [0.2, 0.25) is 10.0 Å². The van der Waals surface area contributed by atoms with Gasteiger partial charge in [0.2, 0.25) is 5.91 Å². The quantitative estimate of drug-likeness (QED) is 0.801. The van der Waals surface area contributed by atoms with Crippen molar-refractivity contribution in [2.24, 2.45) is 0 Å². The molecule has 2 rings (SSSR count). The van der Waals surface area contributed by atoms with E-state index in [1.54, 1.807) is 7.11 Å². The van der Waals surface area contributed by atoms with Gasteiger partial charge in [-0.05, 0) is 30.2 Å². The monoisotopic (exact) mass is 351 g/mol. The van der Waals surface area contributed by atoms with Gasteiger partial charge < -0.3 is 10.1 Å². The average Bonchev–Trinajstić information content (AvgIpc) is 2.55. The molecule has 0 aliphatic rings. The van der Waals surface area contributed by atoms with Crippen LogP contribution < -0.4 is 5.32 Å². The Labute approximate surface area is 146 Å². The molecule has 1 N–H and O–H groups in total. The Hall–Kier alpha value is -1.55. The number of carbonyl (C=O) groups excluding carboxylic acids is 1. The summed E-state index contributed by atoms with van der Waals surface area (Å²) < 4.78 is 5.43. The summed E-state index contributed by atoms with van der Waals surface area (Å²) in [6.45, 7) is 0.384. The Morgan fingerprint density at radius 2 is 1.96 bits per heavy atom. The smallest absolute Gasteiger partial charge is 0.220 e. The third-order valence-corrected chi connectivity index (χ3v) is 4.13. The molecule has 0 aliphatic carbocycles. The molecule has 1 unspecified atom stereocenters. The first-order valence-electron chi connectivity index (χ1n) is 7.38. The molecule has 0 saturated carbocycles. The van der Waals surface area contributed by atoms with Gasteiger partial charge >= 0.3 is 0 Å². The number of hydrogen-bond donors (Lipinski definition) is 1. The van der Waals surface area contributed by atoms with Gasteiger partial charge in [-0.15, -0.1) is 0 Å². The van der Waals surface area contributed by atoms with Gasteiger partial charge in [0.05, 0.1) is 0 Å². The highest BCUT2D eigenvalue weighted by Gasteiger charge is 2.14. The number of hydrogen-bond acceptors (Lipinski definition) is 2. The van der Waals surface area contributed by atoms with Gasteiger partial charge in [0.15, 0.2) is 0 Å². The minimum Gasteiger partial charge on any atom is -0.375 e. The van der Waals surface area contributed by atoms with E-state index in [4.69, 9.17) is 27.9 Å². The maximum Gasteiger partial charge on any atom is 0.220 e. The van der Waals surface area contributed by atoms with Crippen molar-refractivity contribution in [3.63, 3.8) is 0 Å². The predicted molar refractivity (Wildman–Crippen MR) is 94.0 cm³/mol. The second kappa shape index (κ2) is 8.92. The zero-order valence-electron chi connectivity index (χ0n) is 12.9. The molecule has 2 aromatic rings. The summed E-state index contributed by atoms with van der Waals surface area (Å²) in [5.74, 6) is -0.0286. The highest BCUT2D eigenvalue weighted by Crippen LogP contribution is 2.24. The molecule has 0 radical (unpaired) electrons. The van der Waals surface area contributed by atoms with Crippen molar-refractivity contribution >= 4 is 29.1 Å². The van der Waals surface area contributed by atoms with Crippen molar-refractivity contribution in [1.29, 1.82) is 0 Å². The fourth-order valence-corrected chi connectivity index (χ4v) is 2.77. The van der Waals surface area contributed by atoms with E-state index in [1.807, 2.05) is 48.5 Å². The number of aryl methyl sites for hydroxylation is 1. The molecular weight excluding hydrogens is 333 g/mol. The van der Waals surface area contributed by atoms with Crippen LogP contribution in [0.3, 0.4) is 0 Å². The van der Waals surface area contributed by atoms with E-state index < -0.39 is 0 Å². The third kappa shape index (κ3) is 5.54. The van der Waals surface area contributed by atoms with Gasteiger partial charge in [-0.3, -0.25) is 4.79 Å². The maximum atomic E-state index is 12.0. The number of nitrogens with one attached hydrogen (secondary N) is 1. The summed E-state index contributed by atoms with van der Waals surface area (Å²) in [4.78, 5) is 12.0. The topological polar surface area (TPSA) is 38.3 Å². The van der Waals surface area contributed by atoms with Crippen LogP contribution in [0, 0.1) is 0 Å². The predicted octanol–water partition coefficient (Wildman–Crippen LogP) is 4.43. The number of methoxy groups -OCH3 is 1. The van der Waals surface area contributed by atoms with Crippen LogP contribution in [0.1, 0.15) is 23.7 Å². The first kappa shape index (κ1) is 17.8. The lowest BCUT2D eigenvalue weighted by Crippen LogP contribution is -2.29. The van der Waals surface area contributed by atoms with E-state index in [1.165, 1.54) is 0 Å². The summed E-state index contributed by atoms with van der Waals surface area (Å²) in [5.41, 5.74) is 1.91. The SMILES string of the molecule is COC(CNC(=O)CCc1cccc(Cl)c1)c1ccccc1Cl. The van der Waals surface area contributed by atoms with Crippen LogP contribution in [0.25, 0.3) is 0 Å². The van der Waals surface area contributed by atoms with Crippen LogP contribution >= 0.6 is 23.2 Å². The van der Waals surface area contributed by atoms with Gasteiger partial charge in [0, 0.05) is 35.7 Å². The number of halogens is 2. The molecule has 23 heavy (non-hydrogen) atoms. The summed E-state index contributed by atoms with van der Waals surface area (Å²) in [7, 11) is 1.60. The van der Waals surface area contributed by atoms with Crippen LogP contribution in [-0.4, -0.2) is 19.6 Å². The molecule has 5 heteroatoms. The number of rotatable bonds is 7. The van der Waals surface area contributed by atoms with Crippen LogP contribution in [-0.2, 0) is 16.0 Å². The van der Waals surface area contributed by atoms with Crippen molar-refractivity contribution in [2.45, 2.75) is 18.9 Å². The number of ether oxygens (including phenoxy) is 1. The van der Waals surface area contributed by atoms with Gasteiger partial charge in [-0.1, -0.05) is 53.5 Å². The summed E-state index contributed by atoms with van der Waals surface area (Å²) in [5, 5.41) is 4.20.